The number of rotatable bonds is 10. The summed E-state index contributed by atoms with van der Waals surface area (Å²) in [7, 11) is 0. The van der Waals surface area contributed by atoms with Crippen molar-refractivity contribution in [2.24, 2.45) is 5.92 Å². The predicted molar refractivity (Wildman–Crippen MR) is 82.5 cm³/mol. The van der Waals surface area contributed by atoms with E-state index in [0.717, 1.165) is 32.5 Å². The van der Waals surface area contributed by atoms with E-state index in [2.05, 4.69) is 56.4 Å². The lowest BCUT2D eigenvalue weighted by atomic mass is 10.1. The molecule has 0 fully saturated rings. The van der Waals surface area contributed by atoms with Gasteiger partial charge in [0.25, 0.3) is 0 Å². The highest BCUT2D eigenvalue weighted by molar-refractivity contribution is 5.14. The Morgan fingerprint density at radius 1 is 1.16 bits per heavy atom. The van der Waals surface area contributed by atoms with Gasteiger partial charge in [-0.05, 0) is 37.3 Å². The third-order valence-corrected chi connectivity index (χ3v) is 3.30. The van der Waals surface area contributed by atoms with E-state index >= 15 is 0 Å². The normalized spacial score (nSPS) is 12.8. The van der Waals surface area contributed by atoms with E-state index in [1.807, 2.05) is 0 Å². The molecule has 19 heavy (non-hydrogen) atoms. The van der Waals surface area contributed by atoms with Gasteiger partial charge in [-0.15, -0.1) is 0 Å². The molecular formula is C17H29NO. The molecule has 0 aliphatic carbocycles. The van der Waals surface area contributed by atoms with Crippen molar-refractivity contribution in [2.45, 2.75) is 46.1 Å². The molecule has 0 bridgehead atoms. The lowest BCUT2D eigenvalue weighted by molar-refractivity contribution is 0.0219. The minimum atomic E-state index is 0.335. The largest absolute Gasteiger partial charge is 0.377 e. The van der Waals surface area contributed by atoms with Gasteiger partial charge in [-0.25, -0.2) is 0 Å². The van der Waals surface area contributed by atoms with Gasteiger partial charge in [-0.1, -0.05) is 51.1 Å². The average Bonchev–Trinajstić information content (AvgIpc) is 2.42. The lowest BCUT2D eigenvalue weighted by Crippen LogP contribution is -2.33. The molecule has 0 spiro atoms. The van der Waals surface area contributed by atoms with Gasteiger partial charge in [0.05, 0.1) is 6.10 Å². The molecule has 108 valence electrons. The zero-order valence-electron chi connectivity index (χ0n) is 12.7. The second kappa shape index (κ2) is 9.99. The fraction of sp³-hybridized carbons (Fsp3) is 0.647. The topological polar surface area (TPSA) is 21.3 Å². The van der Waals surface area contributed by atoms with Gasteiger partial charge in [0.2, 0.25) is 0 Å². The molecule has 1 rings (SSSR count). The molecule has 0 aliphatic heterocycles. The van der Waals surface area contributed by atoms with Crippen molar-refractivity contribution in [1.29, 1.82) is 0 Å². The minimum Gasteiger partial charge on any atom is -0.377 e. The highest BCUT2D eigenvalue weighted by atomic mass is 16.5. The summed E-state index contributed by atoms with van der Waals surface area (Å²) in [5, 5.41) is 3.45. The van der Waals surface area contributed by atoms with E-state index in [0.29, 0.717) is 12.0 Å². The Morgan fingerprint density at radius 3 is 2.53 bits per heavy atom. The lowest BCUT2D eigenvalue weighted by Gasteiger charge is -2.22. The maximum absolute atomic E-state index is 6.01. The summed E-state index contributed by atoms with van der Waals surface area (Å²) in [5.74, 6) is 0.570. The molecule has 0 saturated carbocycles. The summed E-state index contributed by atoms with van der Waals surface area (Å²) in [4.78, 5) is 0. The number of aryl methyl sites for hydroxylation is 1. The molecule has 0 heterocycles. The molecule has 2 nitrogen and oxygen atoms in total. The Hall–Kier alpha value is -0.860. The number of hydrogen-bond acceptors (Lipinski definition) is 2. The van der Waals surface area contributed by atoms with Crippen molar-refractivity contribution in [1.82, 2.24) is 5.32 Å². The van der Waals surface area contributed by atoms with Crippen molar-refractivity contribution in [3.05, 3.63) is 35.9 Å². The first-order chi connectivity index (χ1) is 9.24. The zero-order valence-corrected chi connectivity index (χ0v) is 12.7. The Labute approximate surface area is 118 Å². The standard InChI is InChI=1S/C17H29NO/c1-4-12-18-14-17(15(2)3)19-13-8-11-16-9-6-5-7-10-16/h5-7,9-10,15,17-18H,4,8,11-14H2,1-3H3. The van der Waals surface area contributed by atoms with Crippen LogP contribution in [0.3, 0.4) is 0 Å². The summed E-state index contributed by atoms with van der Waals surface area (Å²) in [6.45, 7) is 9.56. The van der Waals surface area contributed by atoms with Crippen LogP contribution in [0.2, 0.25) is 0 Å². The smallest absolute Gasteiger partial charge is 0.0722 e. The highest BCUT2D eigenvalue weighted by Gasteiger charge is 2.12. The summed E-state index contributed by atoms with van der Waals surface area (Å²) >= 11 is 0. The van der Waals surface area contributed by atoms with Gasteiger partial charge in [-0.2, -0.15) is 0 Å². The molecule has 1 N–H and O–H groups in total. The van der Waals surface area contributed by atoms with Crippen LogP contribution in [0.25, 0.3) is 0 Å². The van der Waals surface area contributed by atoms with Gasteiger partial charge in [0.15, 0.2) is 0 Å². The molecule has 0 amide bonds. The van der Waals surface area contributed by atoms with Crippen LogP contribution in [0, 0.1) is 5.92 Å². The minimum absolute atomic E-state index is 0.335. The molecule has 1 aromatic rings. The fourth-order valence-electron chi connectivity index (χ4n) is 2.06. The Bertz CT molecular complexity index is 310. The third-order valence-electron chi connectivity index (χ3n) is 3.30. The number of ether oxygens (including phenoxy) is 1. The second-order valence-electron chi connectivity index (χ2n) is 5.45. The first-order valence-corrected chi connectivity index (χ1v) is 7.60. The van der Waals surface area contributed by atoms with Crippen LogP contribution in [0.4, 0.5) is 0 Å². The molecular weight excluding hydrogens is 234 g/mol. The molecule has 0 radical (unpaired) electrons. The SMILES string of the molecule is CCCNCC(OCCCc1ccccc1)C(C)C. The van der Waals surface area contributed by atoms with E-state index < -0.39 is 0 Å². The van der Waals surface area contributed by atoms with Crippen LogP contribution < -0.4 is 5.32 Å². The number of hydrogen-bond donors (Lipinski definition) is 1. The van der Waals surface area contributed by atoms with Crippen LogP contribution >= 0.6 is 0 Å². The Kier molecular flexibility index (Phi) is 8.52. The van der Waals surface area contributed by atoms with Gasteiger partial charge in [0, 0.05) is 13.2 Å². The van der Waals surface area contributed by atoms with Gasteiger partial charge >= 0.3 is 0 Å². The molecule has 2 heteroatoms. The van der Waals surface area contributed by atoms with E-state index in [4.69, 9.17) is 4.74 Å². The summed E-state index contributed by atoms with van der Waals surface area (Å²) in [5.41, 5.74) is 1.40. The molecule has 0 aromatic heterocycles. The monoisotopic (exact) mass is 263 g/mol. The van der Waals surface area contributed by atoms with Crippen molar-refractivity contribution in [3.8, 4) is 0 Å². The molecule has 0 saturated heterocycles. The summed E-state index contributed by atoms with van der Waals surface area (Å²) < 4.78 is 6.01. The Morgan fingerprint density at radius 2 is 1.89 bits per heavy atom. The quantitative estimate of drug-likeness (QED) is 0.650. The first-order valence-electron chi connectivity index (χ1n) is 7.60. The molecule has 1 atom stereocenters. The third kappa shape index (κ3) is 7.34. The average molecular weight is 263 g/mol. The molecule has 0 aliphatic rings. The van der Waals surface area contributed by atoms with Crippen molar-refractivity contribution >= 4 is 0 Å². The van der Waals surface area contributed by atoms with Crippen molar-refractivity contribution < 1.29 is 4.74 Å². The van der Waals surface area contributed by atoms with E-state index in [9.17, 15) is 0 Å². The molecule has 1 unspecified atom stereocenters. The number of nitrogens with one attached hydrogen (secondary N) is 1. The highest BCUT2D eigenvalue weighted by Crippen LogP contribution is 2.08. The summed E-state index contributed by atoms with van der Waals surface area (Å²) in [6.07, 6.45) is 3.72. The van der Waals surface area contributed by atoms with Crippen LogP contribution in [-0.2, 0) is 11.2 Å². The van der Waals surface area contributed by atoms with Gasteiger partial charge < -0.3 is 10.1 Å². The van der Waals surface area contributed by atoms with E-state index in [1.165, 1.54) is 12.0 Å². The predicted octanol–water partition coefficient (Wildman–Crippen LogP) is 3.66. The van der Waals surface area contributed by atoms with Crippen molar-refractivity contribution in [3.63, 3.8) is 0 Å². The van der Waals surface area contributed by atoms with Crippen LogP contribution in [0.1, 0.15) is 39.2 Å². The van der Waals surface area contributed by atoms with Crippen LogP contribution in [0.15, 0.2) is 30.3 Å². The van der Waals surface area contributed by atoms with Crippen molar-refractivity contribution in [2.75, 3.05) is 19.7 Å². The maximum Gasteiger partial charge on any atom is 0.0722 e. The van der Waals surface area contributed by atoms with Crippen LogP contribution in [-0.4, -0.2) is 25.8 Å². The Balaban J connectivity index is 2.17. The number of benzene rings is 1. The van der Waals surface area contributed by atoms with Crippen LogP contribution in [0.5, 0.6) is 0 Å². The summed E-state index contributed by atoms with van der Waals surface area (Å²) in [6, 6.07) is 10.6. The van der Waals surface area contributed by atoms with Gasteiger partial charge in [0.1, 0.15) is 0 Å². The van der Waals surface area contributed by atoms with Gasteiger partial charge in [-0.3, -0.25) is 0 Å². The van der Waals surface area contributed by atoms with E-state index in [-0.39, 0.29) is 0 Å². The fourth-order valence-corrected chi connectivity index (χ4v) is 2.06. The molecule has 1 aromatic carbocycles. The maximum atomic E-state index is 6.01. The second-order valence-corrected chi connectivity index (χ2v) is 5.45. The first kappa shape index (κ1) is 16.2. The zero-order chi connectivity index (χ0) is 13.9. The van der Waals surface area contributed by atoms with E-state index in [1.54, 1.807) is 0 Å².